The van der Waals surface area contributed by atoms with Gasteiger partial charge in [0.2, 0.25) is 0 Å². The number of ether oxygens (including phenoxy) is 1. The van der Waals surface area contributed by atoms with Crippen LogP contribution >= 0.6 is 11.3 Å². The SMILES string of the molecule is CCOC(CC)C(=O)Cc1nc(C)cs1. The minimum atomic E-state index is -0.265. The van der Waals surface area contributed by atoms with Gasteiger partial charge in [-0.15, -0.1) is 11.3 Å². The maximum absolute atomic E-state index is 11.8. The summed E-state index contributed by atoms with van der Waals surface area (Å²) in [5.41, 5.74) is 0.979. The molecule has 0 amide bonds. The minimum Gasteiger partial charge on any atom is -0.371 e. The summed E-state index contributed by atoms with van der Waals surface area (Å²) in [6, 6.07) is 0. The van der Waals surface area contributed by atoms with E-state index in [0.29, 0.717) is 13.0 Å². The number of thiazole rings is 1. The first-order valence-corrected chi connectivity index (χ1v) is 6.10. The molecule has 0 N–H and O–H groups in total. The summed E-state index contributed by atoms with van der Waals surface area (Å²) in [5.74, 6) is 0.133. The second-order valence-electron chi connectivity index (χ2n) is 3.38. The van der Waals surface area contributed by atoms with Gasteiger partial charge in [0, 0.05) is 17.7 Å². The predicted octanol–water partition coefficient (Wildman–Crippen LogP) is 2.38. The van der Waals surface area contributed by atoms with Gasteiger partial charge in [0.15, 0.2) is 5.78 Å². The summed E-state index contributed by atoms with van der Waals surface area (Å²) in [7, 11) is 0. The number of aryl methyl sites for hydroxylation is 1. The van der Waals surface area contributed by atoms with E-state index in [1.54, 1.807) is 0 Å². The molecule has 3 nitrogen and oxygen atoms in total. The van der Waals surface area contributed by atoms with Crippen molar-refractivity contribution in [3.63, 3.8) is 0 Å². The summed E-state index contributed by atoms with van der Waals surface area (Å²) in [6.07, 6.45) is 0.868. The van der Waals surface area contributed by atoms with Crippen LogP contribution in [-0.2, 0) is 16.0 Å². The van der Waals surface area contributed by atoms with Crippen LogP contribution in [0.3, 0.4) is 0 Å². The van der Waals surface area contributed by atoms with Crippen LogP contribution in [0.2, 0.25) is 0 Å². The average Bonchev–Trinajstić information content (AvgIpc) is 2.60. The van der Waals surface area contributed by atoms with E-state index in [2.05, 4.69) is 4.98 Å². The van der Waals surface area contributed by atoms with Crippen molar-refractivity contribution < 1.29 is 9.53 Å². The zero-order chi connectivity index (χ0) is 11.3. The summed E-state index contributed by atoms with van der Waals surface area (Å²) in [6.45, 7) is 6.39. The van der Waals surface area contributed by atoms with Gasteiger partial charge in [0.1, 0.15) is 11.1 Å². The van der Waals surface area contributed by atoms with E-state index >= 15 is 0 Å². The number of hydrogen-bond acceptors (Lipinski definition) is 4. The third-order valence-corrected chi connectivity index (χ3v) is 3.06. The van der Waals surface area contributed by atoms with Crippen molar-refractivity contribution in [1.29, 1.82) is 0 Å². The second-order valence-corrected chi connectivity index (χ2v) is 4.32. The highest BCUT2D eigenvalue weighted by Crippen LogP contribution is 2.12. The fraction of sp³-hybridized carbons (Fsp3) is 0.636. The number of carbonyl (C=O) groups is 1. The molecule has 0 fully saturated rings. The van der Waals surface area contributed by atoms with Crippen LogP contribution in [0.15, 0.2) is 5.38 Å². The van der Waals surface area contributed by atoms with E-state index in [1.165, 1.54) is 11.3 Å². The Bertz CT molecular complexity index is 322. The Morgan fingerprint density at radius 3 is 2.80 bits per heavy atom. The highest BCUT2D eigenvalue weighted by Gasteiger charge is 2.17. The molecule has 1 aromatic heterocycles. The lowest BCUT2D eigenvalue weighted by Crippen LogP contribution is -2.25. The van der Waals surface area contributed by atoms with Gasteiger partial charge >= 0.3 is 0 Å². The lowest BCUT2D eigenvalue weighted by molar-refractivity contribution is -0.129. The van der Waals surface area contributed by atoms with E-state index < -0.39 is 0 Å². The van der Waals surface area contributed by atoms with E-state index in [9.17, 15) is 4.79 Å². The third kappa shape index (κ3) is 3.72. The molecule has 0 bridgehead atoms. The molecular formula is C11H17NO2S. The van der Waals surface area contributed by atoms with Gasteiger partial charge in [0.05, 0.1) is 6.42 Å². The standard InChI is InChI=1S/C11H17NO2S/c1-4-10(14-5-2)9(13)6-11-12-8(3)7-15-11/h7,10H,4-6H2,1-3H3. The number of Topliss-reactive ketones (excluding diaryl/α,β-unsaturated/α-hetero) is 1. The topological polar surface area (TPSA) is 39.2 Å². The zero-order valence-electron chi connectivity index (χ0n) is 9.45. The number of hydrogen-bond donors (Lipinski definition) is 0. The number of carbonyl (C=O) groups excluding carboxylic acids is 1. The van der Waals surface area contributed by atoms with Crippen LogP contribution in [0.4, 0.5) is 0 Å². The maximum atomic E-state index is 11.8. The number of nitrogens with zero attached hydrogens (tertiary/aromatic N) is 1. The van der Waals surface area contributed by atoms with Crippen LogP contribution in [0, 0.1) is 6.92 Å². The fourth-order valence-corrected chi connectivity index (χ4v) is 2.17. The summed E-state index contributed by atoms with van der Waals surface area (Å²) < 4.78 is 5.36. The molecule has 84 valence electrons. The van der Waals surface area contributed by atoms with Crippen LogP contribution in [0.1, 0.15) is 31.0 Å². The normalized spacial score (nSPS) is 12.7. The summed E-state index contributed by atoms with van der Waals surface area (Å²) in [4.78, 5) is 16.1. The molecule has 0 spiro atoms. The average molecular weight is 227 g/mol. The Kier molecular flexibility index (Phi) is 4.91. The summed E-state index contributed by atoms with van der Waals surface area (Å²) in [5, 5.41) is 2.85. The number of aromatic nitrogens is 1. The molecule has 1 heterocycles. The third-order valence-electron chi connectivity index (χ3n) is 2.09. The van der Waals surface area contributed by atoms with Crippen molar-refractivity contribution in [1.82, 2.24) is 4.98 Å². The minimum absolute atomic E-state index is 0.133. The fourth-order valence-electron chi connectivity index (χ4n) is 1.39. The molecule has 0 aliphatic heterocycles. The second kappa shape index (κ2) is 5.98. The monoisotopic (exact) mass is 227 g/mol. The lowest BCUT2D eigenvalue weighted by Gasteiger charge is -2.12. The first-order chi connectivity index (χ1) is 7.17. The van der Waals surface area contributed by atoms with Crippen molar-refractivity contribution in [3.8, 4) is 0 Å². The van der Waals surface area contributed by atoms with Gasteiger partial charge in [-0.3, -0.25) is 4.79 Å². The Morgan fingerprint density at radius 1 is 1.60 bits per heavy atom. The van der Waals surface area contributed by atoms with Crippen molar-refractivity contribution in [2.45, 2.75) is 39.7 Å². The molecule has 1 unspecified atom stereocenters. The quantitative estimate of drug-likeness (QED) is 0.749. The first kappa shape index (κ1) is 12.3. The van der Waals surface area contributed by atoms with Gasteiger partial charge in [-0.25, -0.2) is 4.98 Å². The van der Waals surface area contributed by atoms with Crippen LogP contribution in [0.25, 0.3) is 0 Å². The molecular weight excluding hydrogens is 210 g/mol. The molecule has 1 aromatic rings. The lowest BCUT2D eigenvalue weighted by atomic mass is 10.1. The van der Waals surface area contributed by atoms with Gasteiger partial charge in [-0.2, -0.15) is 0 Å². The zero-order valence-corrected chi connectivity index (χ0v) is 10.3. The van der Waals surface area contributed by atoms with Gasteiger partial charge in [-0.1, -0.05) is 6.92 Å². The number of rotatable bonds is 6. The highest BCUT2D eigenvalue weighted by molar-refractivity contribution is 7.09. The molecule has 0 aromatic carbocycles. The van der Waals surface area contributed by atoms with Crippen molar-refractivity contribution in [2.24, 2.45) is 0 Å². The Labute approximate surface area is 94.5 Å². The van der Waals surface area contributed by atoms with Gasteiger partial charge < -0.3 is 4.74 Å². The molecule has 0 radical (unpaired) electrons. The summed E-state index contributed by atoms with van der Waals surface area (Å²) >= 11 is 1.54. The molecule has 4 heteroatoms. The van der Waals surface area contributed by atoms with E-state index in [0.717, 1.165) is 17.1 Å². The maximum Gasteiger partial charge on any atom is 0.168 e. The smallest absolute Gasteiger partial charge is 0.168 e. The van der Waals surface area contributed by atoms with E-state index in [4.69, 9.17) is 4.74 Å². The first-order valence-electron chi connectivity index (χ1n) is 5.22. The number of ketones is 1. The van der Waals surface area contributed by atoms with Crippen molar-refractivity contribution >= 4 is 17.1 Å². The Morgan fingerprint density at radius 2 is 2.33 bits per heavy atom. The molecule has 1 atom stereocenters. The van der Waals surface area contributed by atoms with E-state index in [-0.39, 0.29) is 11.9 Å². The molecule has 0 aliphatic rings. The molecule has 15 heavy (non-hydrogen) atoms. The molecule has 1 rings (SSSR count). The van der Waals surface area contributed by atoms with Gasteiger partial charge in [0.25, 0.3) is 0 Å². The van der Waals surface area contributed by atoms with Crippen molar-refractivity contribution in [3.05, 3.63) is 16.1 Å². The predicted molar refractivity (Wildman–Crippen MR) is 61.3 cm³/mol. The van der Waals surface area contributed by atoms with E-state index in [1.807, 2.05) is 26.2 Å². The highest BCUT2D eigenvalue weighted by atomic mass is 32.1. The largest absolute Gasteiger partial charge is 0.371 e. The van der Waals surface area contributed by atoms with Crippen LogP contribution < -0.4 is 0 Å². The Hall–Kier alpha value is -0.740. The van der Waals surface area contributed by atoms with Crippen LogP contribution in [-0.4, -0.2) is 23.5 Å². The van der Waals surface area contributed by atoms with Crippen LogP contribution in [0.5, 0.6) is 0 Å². The molecule has 0 saturated heterocycles. The molecule has 0 saturated carbocycles. The van der Waals surface area contributed by atoms with Gasteiger partial charge in [-0.05, 0) is 20.3 Å². The Balaban J connectivity index is 2.53. The molecule has 0 aliphatic carbocycles. The van der Waals surface area contributed by atoms with Crippen molar-refractivity contribution in [2.75, 3.05) is 6.61 Å².